The van der Waals surface area contributed by atoms with E-state index in [0.29, 0.717) is 5.75 Å². The molecule has 0 saturated heterocycles. The van der Waals surface area contributed by atoms with Crippen molar-refractivity contribution in [3.8, 4) is 5.75 Å². The molecule has 0 atom stereocenters. The second kappa shape index (κ2) is 4.47. The highest BCUT2D eigenvalue weighted by Crippen LogP contribution is 2.12. The molecule has 2 heteroatoms. The van der Waals surface area contributed by atoms with Crippen LogP contribution in [-0.4, -0.2) is 37.3 Å². The first-order valence-electron chi connectivity index (χ1n) is 5.06. The Labute approximate surface area is 86.4 Å². The van der Waals surface area contributed by atoms with Gasteiger partial charge >= 0.3 is 0 Å². The van der Waals surface area contributed by atoms with Gasteiger partial charge in [0.2, 0.25) is 0 Å². The summed E-state index contributed by atoms with van der Waals surface area (Å²) in [6.07, 6.45) is 2.21. The fraction of sp³-hybridized carbons (Fsp3) is 0.500. The number of benzene rings is 1. The van der Waals surface area contributed by atoms with Crippen LogP contribution >= 0.6 is 0 Å². The predicted octanol–water partition coefficient (Wildman–Crippen LogP) is 2.03. The molecular weight excluding hydrogens is 174 g/mol. The summed E-state index contributed by atoms with van der Waals surface area (Å²) < 4.78 is 0.999. The van der Waals surface area contributed by atoms with Gasteiger partial charge in [0.25, 0.3) is 0 Å². The molecule has 0 fully saturated rings. The maximum Gasteiger partial charge on any atom is 0.115 e. The van der Waals surface area contributed by atoms with Gasteiger partial charge in [0.05, 0.1) is 27.7 Å². The van der Waals surface area contributed by atoms with E-state index < -0.39 is 0 Å². The summed E-state index contributed by atoms with van der Waals surface area (Å²) in [5, 5.41) is 9.27. The zero-order chi connectivity index (χ0) is 10.6. The van der Waals surface area contributed by atoms with Crippen LogP contribution in [0, 0.1) is 0 Å². The highest BCUT2D eigenvalue weighted by atomic mass is 16.3. The fourth-order valence-electron chi connectivity index (χ4n) is 1.47. The third kappa shape index (κ3) is 4.28. The van der Waals surface area contributed by atoms with Crippen molar-refractivity contribution in [3.05, 3.63) is 29.8 Å². The van der Waals surface area contributed by atoms with E-state index in [4.69, 9.17) is 0 Å². The lowest BCUT2D eigenvalue weighted by Crippen LogP contribution is -2.35. The molecule has 0 aromatic heterocycles. The second-order valence-electron chi connectivity index (χ2n) is 4.79. The number of aryl methyl sites for hydroxylation is 1. The van der Waals surface area contributed by atoms with E-state index in [1.807, 2.05) is 12.1 Å². The molecule has 78 valence electrons. The number of quaternary nitrogens is 1. The summed E-state index contributed by atoms with van der Waals surface area (Å²) in [4.78, 5) is 0. The molecule has 2 nitrogen and oxygen atoms in total. The maximum atomic E-state index is 9.27. The molecule has 0 aliphatic carbocycles. The number of phenolic OH excluding ortho intramolecular Hbond substituents is 1. The van der Waals surface area contributed by atoms with Gasteiger partial charge in [-0.15, -0.1) is 0 Å². The first-order chi connectivity index (χ1) is 6.47. The number of nitrogens with zero attached hydrogens (tertiary/aromatic N) is 1. The Morgan fingerprint density at radius 2 is 1.93 bits per heavy atom. The van der Waals surface area contributed by atoms with Crippen molar-refractivity contribution in [2.24, 2.45) is 0 Å². The smallest absolute Gasteiger partial charge is 0.115 e. The summed E-state index contributed by atoms with van der Waals surface area (Å²) >= 11 is 0. The zero-order valence-corrected chi connectivity index (χ0v) is 9.33. The Morgan fingerprint density at radius 3 is 2.50 bits per heavy atom. The zero-order valence-electron chi connectivity index (χ0n) is 9.33. The van der Waals surface area contributed by atoms with Crippen LogP contribution in [0.5, 0.6) is 5.75 Å². The molecule has 14 heavy (non-hydrogen) atoms. The molecule has 0 heterocycles. The van der Waals surface area contributed by atoms with Crippen LogP contribution in [-0.2, 0) is 6.42 Å². The van der Waals surface area contributed by atoms with Gasteiger partial charge in [0, 0.05) is 6.42 Å². The number of hydrogen-bond donors (Lipinski definition) is 1. The van der Waals surface area contributed by atoms with Crippen LogP contribution in [0.4, 0.5) is 0 Å². The van der Waals surface area contributed by atoms with Crippen LogP contribution in [0.3, 0.4) is 0 Å². The van der Waals surface area contributed by atoms with E-state index in [1.165, 1.54) is 5.56 Å². The first kappa shape index (κ1) is 11.1. The van der Waals surface area contributed by atoms with Gasteiger partial charge in [-0.2, -0.15) is 0 Å². The minimum atomic E-state index is 0.368. The van der Waals surface area contributed by atoms with Crippen molar-refractivity contribution in [2.75, 3.05) is 27.7 Å². The largest absolute Gasteiger partial charge is 0.508 e. The predicted molar refractivity (Wildman–Crippen MR) is 59.3 cm³/mol. The molecule has 0 radical (unpaired) electrons. The molecule has 0 spiro atoms. The molecule has 0 amide bonds. The normalized spacial score (nSPS) is 11.6. The number of rotatable bonds is 4. The van der Waals surface area contributed by atoms with E-state index >= 15 is 0 Å². The molecule has 1 rings (SSSR count). The topological polar surface area (TPSA) is 20.2 Å². The second-order valence-corrected chi connectivity index (χ2v) is 4.79. The lowest BCUT2D eigenvalue weighted by Gasteiger charge is -2.23. The molecule has 0 bridgehead atoms. The highest BCUT2D eigenvalue weighted by Gasteiger charge is 2.05. The molecule has 1 N–H and O–H groups in total. The van der Waals surface area contributed by atoms with Crippen molar-refractivity contribution in [3.63, 3.8) is 0 Å². The van der Waals surface area contributed by atoms with Crippen LogP contribution in [0.15, 0.2) is 24.3 Å². The van der Waals surface area contributed by atoms with Gasteiger partial charge in [0.1, 0.15) is 5.75 Å². The molecule has 0 saturated carbocycles. The third-order valence-electron chi connectivity index (χ3n) is 2.20. The lowest BCUT2D eigenvalue weighted by atomic mass is 10.1. The molecule has 1 aromatic carbocycles. The fourth-order valence-corrected chi connectivity index (χ4v) is 1.47. The Balaban J connectivity index is 2.39. The molecule has 1 aromatic rings. The van der Waals surface area contributed by atoms with Crippen molar-refractivity contribution in [1.82, 2.24) is 0 Å². The average molecular weight is 194 g/mol. The van der Waals surface area contributed by atoms with Crippen LogP contribution < -0.4 is 0 Å². The third-order valence-corrected chi connectivity index (χ3v) is 2.20. The van der Waals surface area contributed by atoms with Gasteiger partial charge in [-0.1, -0.05) is 12.1 Å². The minimum absolute atomic E-state index is 0.368. The molecule has 0 aliphatic rings. The average Bonchev–Trinajstić information content (AvgIpc) is 2.01. The molecule has 0 unspecified atom stereocenters. The quantitative estimate of drug-likeness (QED) is 0.727. The molecule has 0 aliphatic heterocycles. The molecular formula is C12H20NO+. The van der Waals surface area contributed by atoms with E-state index in [0.717, 1.165) is 23.9 Å². The summed E-state index contributed by atoms with van der Waals surface area (Å²) in [5.41, 5.74) is 1.22. The summed E-state index contributed by atoms with van der Waals surface area (Å²) in [5.74, 6) is 0.368. The van der Waals surface area contributed by atoms with Crippen LogP contribution in [0.2, 0.25) is 0 Å². The van der Waals surface area contributed by atoms with E-state index in [1.54, 1.807) is 6.07 Å². The summed E-state index contributed by atoms with van der Waals surface area (Å²) in [6, 6.07) is 7.52. The Kier molecular flexibility index (Phi) is 3.53. The number of hydrogen-bond acceptors (Lipinski definition) is 1. The van der Waals surface area contributed by atoms with Gasteiger partial charge in [-0.05, 0) is 24.1 Å². The Morgan fingerprint density at radius 1 is 1.21 bits per heavy atom. The standard InChI is InChI=1S/C12H19NO/c1-13(2,3)9-5-7-11-6-4-8-12(14)10-11/h4,6,8,10H,5,7,9H2,1-3H3/p+1. The Bertz CT molecular complexity index is 289. The number of phenols is 1. The number of aromatic hydroxyl groups is 1. The van der Waals surface area contributed by atoms with Crippen molar-refractivity contribution < 1.29 is 9.59 Å². The van der Waals surface area contributed by atoms with Gasteiger partial charge in [-0.3, -0.25) is 0 Å². The van der Waals surface area contributed by atoms with Crippen molar-refractivity contribution >= 4 is 0 Å². The van der Waals surface area contributed by atoms with Crippen molar-refractivity contribution in [1.29, 1.82) is 0 Å². The van der Waals surface area contributed by atoms with E-state index in [9.17, 15) is 5.11 Å². The lowest BCUT2D eigenvalue weighted by molar-refractivity contribution is -0.870. The summed E-state index contributed by atoms with van der Waals surface area (Å²) in [7, 11) is 6.59. The highest BCUT2D eigenvalue weighted by molar-refractivity contribution is 5.27. The minimum Gasteiger partial charge on any atom is -0.508 e. The van der Waals surface area contributed by atoms with Gasteiger partial charge < -0.3 is 9.59 Å². The SMILES string of the molecule is C[N+](C)(C)CCCc1cccc(O)c1. The van der Waals surface area contributed by atoms with Crippen LogP contribution in [0.25, 0.3) is 0 Å². The maximum absolute atomic E-state index is 9.27. The Hall–Kier alpha value is -1.02. The first-order valence-corrected chi connectivity index (χ1v) is 5.06. The van der Waals surface area contributed by atoms with Gasteiger partial charge in [-0.25, -0.2) is 0 Å². The van der Waals surface area contributed by atoms with E-state index in [2.05, 4.69) is 27.2 Å². The monoisotopic (exact) mass is 194 g/mol. The van der Waals surface area contributed by atoms with Crippen molar-refractivity contribution in [2.45, 2.75) is 12.8 Å². The van der Waals surface area contributed by atoms with Crippen LogP contribution in [0.1, 0.15) is 12.0 Å². The summed E-state index contributed by atoms with van der Waals surface area (Å²) in [6.45, 7) is 1.16. The van der Waals surface area contributed by atoms with Gasteiger partial charge in [0.15, 0.2) is 0 Å². The van der Waals surface area contributed by atoms with E-state index in [-0.39, 0.29) is 0 Å².